The molecule has 0 fully saturated rings. The van der Waals surface area contributed by atoms with Crippen molar-refractivity contribution in [1.29, 1.82) is 0 Å². The molecule has 4 aromatic rings. The van der Waals surface area contributed by atoms with Gasteiger partial charge < -0.3 is 20.5 Å². The summed E-state index contributed by atoms with van der Waals surface area (Å²) < 4.78 is 5.76. The van der Waals surface area contributed by atoms with E-state index < -0.39 is 41.9 Å². The third-order valence-electron chi connectivity index (χ3n) is 8.67. The van der Waals surface area contributed by atoms with Gasteiger partial charge in [0.15, 0.2) is 11.6 Å². The highest BCUT2D eigenvalue weighted by Crippen LogP contribution is 2.44. The van der Waals surface area contributed by atoms with Crippen LogP contribution in [0.15, 0.2) is 109 Å². The van der Waals surface area contributed by atoms with Crippen molar-refractivity contribution in [2.24, 2.45) is 5.92 Å². The van der Waals surface area contributed by atoms with E-state index in [0.717, 1.165) is 33.4 Å². The minimum Gasteiger partial charge on any atom is -0.449 e. The normalized spacial score (nSPS) is 14.5. The van der Waals surface area contributed by atoms with Crippen molar-refractivity contribution < 1.29 is 29.0 Å². The van der Waals surface area contributed by atoms with Gasteiger partial charge in [0.25, 0.3) is 0 Å². The highest BCUT2D eigenvalue weighted by atomic mass is 16.5. The first kappa shape index (κ1) is 33.3. The zero-order valence-electron chi connectivity index (χ0n) is 26.6. The Morgan fingerprint density at radius 2 is 1.23 bits per heavy atom. The Hall–Kier alpha value is -5.08. The number of fused-ring (bicyclic) bond motifs is 3. The number of aliphatic hydroxyl groups is 1. The number of ketones is 2. The van der Waals surface area contributed by atoms with Crippen molar-refractivity contribution in [3.63, 3.8) is 0 Å². The van der Waals surface area contributed by atoms with E-state index in [0.29, 0.717) is 0 Å². The SMILES string of the molecule is CC(=O)C(NC(=O)C(CC(=O)C(Cc1ccccc1)NC(=O)OCC1c2ccccc2-c2ccccc21)Cc1ccccc1)C(C)O. The quantitative estimate of drug-likeness (QED) is 0.171. The lowest BCUT2D eigenvalue weighted by atomic mass is 9.89. The lowest BCUT2D eigenvalue weighted by Gasteiger charge is -2.25. The van der Waals surface area contributed by atoms with Crippen molar-refractivity contribution in [2.45, 2.75) is 57.2 Å². The highest BCUT2D eigenvalue weighted by molar-refractivity contribution is 5.94. The maximum atomic E-state index is 14.0. The smallest absolute Gasteiger partial charge is 0.407 e. The van der Waals surface area contributed by atoms with Gasteiger partial charge in [-0.15, -0.1) is 0 Å². The molecule has 0 bridgehead atoms. The molecule has 1 aliphatic carbocycles. The van der Waals surface area contributed by atoms with Crippen LogP contribution in [0.3, 0.4) is 0 Å². The zero-order valence-corrected chi connectivity index (χ0v) is 26.6. The Bertz CT molecular complexity index is 1660. The van der Waals surface area contributed by atoms with Crippen molar-refractivity contribution in [2.75, 3.05) is 6.61 Å². The molecule has 0 aliphatic heterocycles. The Morgan fingerprint density at radius 3 is 1.77 bits per heavy atom. The maximum absolute atomic E-state index is 14.0. The average Bonchev–Trinajstić information content (AvgIpc) is 3.39. The molecule has 1 aliphatic rings. The van der Waals surface area contributed by atoms with Crippen LogP contribution in [0.5, 0.6) is 0 Å². The summed E-state index contributed by atoms with van der Waals surface area (Å²) in [6.07, 6.45) is -1.60. The van der Waals surface area contributed by atoms with Crippen LogP contribution in [0, 0.1) is 5.92 Å². The number of aliphatic hydroxyl groups excluding tert-OH is 1. The van der Waals surface area contributed by atoms with E-state index in [-0.39, 0.29) is 37.6 Å². The van der Waals surface area contributed by atoms with Gasteiger partial charge in [-0.1, -0.05) is 109 Å². The van der Waals surface area contributed by atoms with Crippen LogP contribution in [-0.2, 0) is 32.0 Å². The van der Waals surface area contributed by atoms with Gasteiger partial charge in [0, 0.05) is 18.3 Å². The lowest BCUT2D eigenvalue weighted by Crippen LogP contribution is -2.50. The summed E-state index contributed by atoms with van der Waals surface area (Å²) in [5.41, 5.74) is 6.04. The molecule has 3 N–H and O–H groups in total. The summed E-state index contributed by atoms with van der Waals surface area (Å²) in [4.78, 5) is 52.9. The molecule has 8 nitrogen and oxygen atoms in total. The Morgan fingerprint density at radius 1 is 0.723 bits per heavy atom. The van der Waals surface area contributed by atoms with E-state index >= 15 is 0 Å². The Labute approximate surface area is 275 Å². The number of carbonyl (C=O) groups excluding carboxylic acids is 4. The van der Waals surface area contributed by atoms with Gasteiger partial charge in [-0.05, 0) is 60.1 Å². The molecule has 4 unspecified atom stereocenters. The molecule has 0 radical (unpaired) electrons. The van der Waals surface area contributed by atoms with Crippen LogP contribution in [0.25, 0.3) is 11.1 Å². The lowest BCUT2D eigenvalue weighted by molar-refractivity contribution is -0.133. The van der Waals surface area contributed by atoms with Gasteiger partial charge >= 0.3 is 6.09 Å². The molecule has 5 rings (SSSR count). The number of amides is 2. The summed E-state index contributed by atoms with van der Waals surface area (Å²) >= 11 is 0. The van der Waals surface area contributed by atoms with Crippen LogP contribution in [0.4, 0.5) is 4.79 Å². The Kier molecular flexibility index (Phi) is 11.0. The standard InChI is InChI=1S/C39H40N2O6/c1-25(42)37(26(2)43)41-38(45)29(21-27-13-5-3-6-14-27)23-36(44)35(22-28-15-7-4-8-16-28)40-39(46)47-24-34-32-19-11-9-17-30(32)31-18-10-12-20-33(31)34/h3-20,25,29,34-35,37,42H,21-24H2,1-2H3,(H,40,46)(H,41,45). The van der Waals surface area contributed by atoms with Crippen molar-refractivity contribution in [3.05, 3.63) is 131 Å². The minimum atomic E-state index is -1.11. The van der Waals surface area contributed by atoms with Crippen LogP contribution in [0.2, 0.25) is 0 Å². The number of nitrogens with one attached hydrogen (secondary N) is 2. The maximum Gasteiger partial charge on any atom is 0.407 e. The first-order chi connectivity index (χ1) is 22.7. The van der Waals surface area contributed by atoms with E-state index in [1.54, 1.807) is 0 Å². The highest BCUT2D eigenvalue weighted by Gasteiger charge is 2.33. The second-order valence-corrected chi connectivity index (χ2v) is 12.1. The first-order valence-corrected chi connectivity index (χ1v) is 15.9. The largest absolute Gasteiger partial charge is 0.449 e. The molecule has 0 spiro atoms. The van der Waals surface area contributed by atoms with Gasteiger partial charge in [0.05, 0.1) is 12.1 Å². The summed E-state index contributed by atoms with van der Waals surface area (Å²) in [6.45, 7) is 2.82. The van der Waals surface area contributed by atoms with Crippen molar-refractivity contribution >= 4 is 23.6 Å². The molecule has 4 aromatic carbocycles. The number of carbonyl (C=O) groups is 4. The van der Waals surface area contributed by atoms with Gasteiger partial charge in [-0.3, -0.25) is 14.4 Å². The number of ether oxygens (including phenoxy) is 1. The molecule has 4 atom stereocenters. The number of hydrogen-bond acceptors (Lipinski definition) is 6. The molecular formula is C39H40N2O6. The predicted molar refractivity (Wildman–Crippen MR) is 180 cm³/mol. The van der Waals surface area contributed by atoms with Crippen LogP contribution < -0.4 is 10.6 Å². The average molecular weight is 633 g/mol. The van der Waals surface area contributed by atoms with Crippen molar-refractivity contribution in [1.82, 2.24) is 10.6 Å². The molecular weight excluding hydrogens is 592 g/mol. The molecule has 47 heavy (non-hydrogen) atoms. The van der Waals surface area contributed by atoms with E-state index in [4.69, 9.17) is 4.74 Å². The van der Waals surface area contributed by atoms with Gasteiger partial charge in [0.1, 0.15) is 12.6 Å². The van der Waals surface area contributed by atoms with E-state index in [2.05, 4.69) is 22.8 Å². The molecule has 8 heteroatoms. The third-order valence-corrected chi connectivity index (χ3v) is 8.67. The van der Waals surface area contributed by atoms with Gasteiger partial charge in [-0.25, -0.2) is 4.79 Å². The zero-order chi connectivity index (χ0) is 33.3. The summed E-state index contributed by atoms with van der Waals surface area (Å²) in [6, 6.07) is 32.6. The predicted octanol–water partition coefficient (Wildman–Crippen LogP) is 5.41. The molecule has 2 amide bonds. The second kappa shape index (κ2) is 15.5. The monoisotopic (exact) mass is 632 g/mol. The van der Waals surface area contributed by atoms with Crippen LogP contribution in [0.1, 0.15) is 48.4 Å². The molecule has 0 saturated heterocycles. The fraction of sp³-hybridized carbons (Fsp3) is 0.282. The summed E-state index contributed by atoms with van der Waals surface area (Å²) in [5.74, 6) is -2.26. The molecule has 0 heterocycles. The number of hydrogen-bond donors (Lipinski definition) is 3. The number of Topliss-reactive ketones (excluding diaryl/α,β-unsaturated/α-hetero) is 2. The summed E-state index contributed by atoms with van der Waals surface area (Å²) in [5, 5.41) is 15.5. The van der Waals surface area contributed by atoms with Crippen molar-refractivity contribution in [3.8, 4) is 11.1 Å². The fourth-order valence-corrected chi connectivity index (χ4v) is 6.25. The Balaban J connectivity index is 1.33. The number of alkyl carbamates (subject to hydrolysis) is 1. The fourth-order valence-electron chi connectivity index (χ4n) is 6.25. The van der Waals surface area contributed by atoms with E-state index in [1.165, 1.54) is 13.8 Å². The minimum absolute atomic E-state index is 0.0942. The second-order valence-electron chi connectivity index (χ2n) is 12.1. The molecule has 0 aromatic heterocycles. The van der Waals surface area contributed by atoms with Crippen LogP contribution in [-0.4, -0.2) is 53.5 Å². The van der Waals surface area contributed by atoms with Crippen LogP contribution >= 0.6 is 0 Å². The first-order valence-electron chi connectivity index (χ1n) is 15.9. The van der Waals surface area contributed by atoms with Gasteiger partial charge in [-0.2, -0.15) is 0 Å². The number of benzene rings is 4. The van der Waals surface area contributed by atoms with E-state index in [1.807, 2.05) is 97.1 Å². The third kappa shape index (κ3) is 8.40. The van der Waals surface area contributed by atoms with Gasteiger partial charge in [0.2, 0.25) is 5.91 Å². The molecule has 0 saturated carbocycles. The number of rotatable bonds is 14. The molecule has 242 valence electrons. The summed E-state index contributed by atoms with van der Waals surface area (Å²) in [7, 11) is 0. The van der Waals surface area contributed by atoms with E-state index in [9.17, 15) is 24.3 Å². The topological polar surface area (TPSA) is 122 Å².